The van der Waals surface area contributed by atoms with Gasteiger partial charge in [0.25, 0.3) is 0 Å². The van der Waals surface area contributed by atoms with Gasteiger partial charge in [-0.3, -0.25) is 4.90 Å². The maximum Gasteiger partial charge on any atom is 0.0907 e. The summed E-state index contributed by atoms with van der Waals surface area (Å²) in [5.41, 5.74) is 5.73. The zero-order valence-electron chi connectivity index (χ0n) is 12.0. The standard InChI is InChI=1S/C16H28N2O/c17-9-16(19)1-2-18(11-16)10-15-6-12-3-13(7-15)5-14(4-12)8-15/h12-14,19H,1-11,17H2. The van der Waals surface area contributed by atoms with E-state index in [0.717, 1.165) is 37.3 Å². The summed E-state index contributed by atoms with van der Waals surface area (Å²) in [6.45, 7) is 3.52. The number of nitrogens with two attached hydrogens (primary N) is 1. The number of aliphatic hydroxyl groups is 1. The molecule has 5 aliphatic rings. The van der Waals surface area contributed by atoms with Gasteiger partial charge < -0.3 is 10.8 Å². The number of likely N-dealkylation sites (tertiary alicyclic amines) is 1. The average molecular weight is 264 g/mol. The highest BCUT2D eigenvalue weighted by Gasteiger charge is 2.52. The molecular formula is C16H28N2O. The second kappa shape index (κ2) is 4.19. The van der Waals surface area contributed by atoms with Crippen LogP contribution in [0.25, 0.3) is 0 Å². The molecule has 3 N–H and O–H groups in total. The van der Waals surface area contributed by atoms with Crippen molar-refractivity contribution in [2.24, 2.45) is 28.9 Å². The monoisotopic (exact) mass is 264 g/mol. The number of nitrogens with zero attached hydrogens (tertiary/aromatic N) is 1. The molecule has 19 heavy (non-hydrogen) atoms. The minimum absolute atomic E-state index is 0.421. The Balaban J connectivity index is 1.46. The Morgan fingerprint density at radius 1 is 1.05 bits per heavy atom. The Labute approximate surface area is 116 Å². The van der Waals surface area contributed by atoms with Crippen LogP contribution >= 0.6 is 0 Å². The van der Waals surface area contributed by atoms with Crippen molar-refractivity contribution in [3.8, 4) is 0 Å². The molecule has 1 saturated heterocycles. The summed E-state index contributed by atoms with van der Waals surface area (Å²) in [5.74, 6) is 3.09. The van der Waals surface area contributed by atoms with Gasteiger partial charge in [-0.25, -0.2) is 0 Å². The Kier molecular flexibility index (Phi) is 2.78. The fourth-order valence-electron chi connectivity index (χ4n) is 6.20. The second-order valence-electron chi connectivity index (χ2n) is 8.31. The van der Waals surface area contributed by atoms with E-state index in [1.54, 1.807) is 0 Å². The molecule has 1 atom stereocenters. The highest BCUT2D eigenvalue weighted by molar-refractivity contribution is 5.04. The average Bonchev–Trinajstić information content (AvgIpc) is 2.69. The lowest BCUT2D eigenvalue weighted by Gasteiger charge is -2.57. The molecule has 0 aromatic rings. The summed E-state index contributed by atoms with van der Waals surface area (Å²) >= 11 is 0. The third-order valence-corrected chi connectivity index (χ3v) is 6.52. The molecule has 5 fully saturated rings. The normalized spacial score (nSPS) is 53.1. The van der Waals surface area contributed by atoms with Crippen LogP contribution in [0, 0.1) is 23.2 Å². The molecule has 1 unspecified atom stereocenters. The first-order valence-corrected chi connectivity index (χ1v) is 8.23. The zero-order chi connectivity index (χ0) is 13.1. The van der Waals surface area contributed by atoms with Crippen molar-refractivity contribution in [1.29, 1.82) is 0 Å². The fraction of sp³-hybridized carbons (Fsp3) is 1.00. The van der Waals surface area contributed by atoms with E-state index in [1.165, 1.54) is 45.1 Å². The third-order valence-electron chi connectivity index (χ3n) is 6.52. The highest BCUT2D eigenvalue weighted by atomic mass is 16.3. The lowest BCUT2D eigenvalue weighted by Crippen LogP contribution is -2.51. The van der Waals surface area contributed by atoms with Gasteiger partial charge in [0.2, 0.25) is 0 Å². The second-order valence-corrected chi connectivity index (χ2v) is 8.31. The van der Waals surface area contributed by atoms with E-state index >= 15 is 0 Å². The lowest BCUT2D eigenvalue weighted by molar-refractivity contribution is -0.0691. The quantitative estimate of drug-likeness (QED) is 0.814. The van der Waals surface area contributed by atoms with Gasteiger partial charge in [-0.15, -0.1) is 0 Å². The molecule has 4 bridgehead atoms. The number of hydrogen-bond donors (Lipinski definition) is 2. The van der Waals surface area contributed by atoms with Crippen LogP contribution < -0.4 is 5.73 Å². The molecule has 0 amide bonds. The highest BCUT2D eigenvalue weighted by Crippen LogP contribution is 2.60. The summed E-state index contributed by atoms with van der Waals surface area (Å²) < 4.78 is 0. The topological polar surface area (TPSA) is 49.5 Å². The summed E-state index contributed by atoms with van der Waals surface area (Å²) in [5, 5.41) is 10.3. The van der Waals surface area contributed by atoms with Gasteiger partial charge >= 0.3 is 0 Å². The van der Waals surface area contributed by atoms with Crippen LogP contribution in [0.1, 0.15) is 44.9 Å². The molecule has 4 aliphatic carbocycles. The minimum atomic E-state index is -0.595. The molecule has 3 heteroatoms. The first-order valence-electron chi connectivity index (χ1n) is 8.23. The SMILES string of the molecule is NCC1(O)CCN(CC23CC4CC(CC(C4)C2)C3)C1. The molecule has 108 valence electrons. The van der Waals surface area contributed by atoms with Crippen molar-refractivity contribution >= 4 is 0 Å². The van der Waals surface area contributed by atoms with Gasteiger partial charge in [0, 0.05) is 26.2 Å². The summed E-state index contributed by atoms with van der Waals surface area (Å²) in [6, 6.07) is 0. The van der Waals surface area contributed by atoms with E-state index in [1.807, 2.05) is 0 Å². The van der Waals surface area contributed by atoms with E-state index in [4.69, 9.17) is 5.73 Å². The third kappa shape index (κ3) is 2.14. The van der Waals surface area contributed by atoms with Gasteiger partial charge in [-0.1, -0.05) is 0 Å². The molecule has 0 radical (unpaired) electrons. The van der Waals surface area contributed by atoms with E-state index in [9.17, 15) is 5.11 Å². The lowest BCUT2D eigenvalue weighted by atomic mass is 9.49. The van der Waals surface area contributed by atoms with Crippen LogP contribution in [0.4, 0.5) is 0 Å². The molecule has 0 spiro atoms. The van der Waals surface area contributed by atoms with Crippen molar-refractivity contribution in [3.05, 3.63) is 0 Å². The van der Waals surface area contributed by atoms with Gasteiger partial charge in [0.15, 0.2) is 0 Å². The Morgan fingerprint density at radius 3 is 2.11 bits per heavy atom. The molecule has 5 rings (SSSR count). The molecule has 3 nitrogen and oxygen atoms in total. The zero-order valence-corrected chi connectivity index (χ0v) is 12.0. The molecule has 1 aliphatic heterocycles. The van der Waals surface area contributed by atoms with Crippen molar-refractivity contribution in [2.45, 2.75) is 50.5 Å². The van der Waals surface area contributed by atoms with E-state index in [-0.39, 0.29) is 0 Å². The number of hydrogen-bond acceptors (Lipinski definition) is 3. The summed E-state index contributed by atoms with van der Waals surface area (Å²) in [6.07, 6.45) is 9.84. The summed E-state index contributed by atoms with van der Waals surface area (Å²) in [4.78, 5) is 2.51. The predicted octanol–water partition coefficient (Wildman–Crippen LogP) is 1.60. The molecule has 1 heterocycles. The Morgan fingerprint density at radius 2 is 1.63 bits per heavy atom. The first-order chi connectivity index (χ1) is 9.08. The van der Waals surface area contributed by atoms with Crippen LogP contribution in [0.2, 0.25) is 0 Å². The van der Waals surface area contributed by atoms with Gasteiger partial charge in [0.1, 0.15) is 0 Å². The molecule has 0 aromatic carbocycles. The maximum atomic E-state index is 10.3. The minimum Gasteiger partial charge on any atom is -0.387 e. The molecular weight excluding hydrogens is 236 g/mol. The smallest absolute Gasteiger partial charge is 0.0907 e. The maximum absolute atomic E-state index is 10.3. The fourth-order valence-corrected chi connectivity index (χ4v) is 6.20. The van der Waals surface area contributed by atoms with E-state index < -0.39 is 5.60 Å². The van der Waals surface area contributed by atoms with Gasteiger partial charge in [-0.05, 0) is 68.1 Å². The molecule has 0 aromatic heterocycles. The van der Waals surface area contributed by atoms with Crippen molar-refractivity contribution in [2.75, 3.05) is 26.2 Å². The van der Waals surface area contributed by atoms with Crippen molar-refractivity contribution in [1.82, 2.24) is 4.90 Å². The van der Waals surface area contributed by atoms with Crippen molar-refractivity contribution in [3.63, 3.8) is 0 Å². The Bertz CT molecular complexity index is 334. The van der Waals surface area contributed by atoms with Gasteiger partial charge in [-0.2, -0.15) is 0 Å². The van der Waals surface area contributed by atoms with E-state index in [2.05, 4.69) is 4.90 Å². The Hall–Kier alpha value is -0.120. The first kappa shape index (κ1) is 12.6. The van der Waals surface area contributed by atoms with Crippen molar-refractivity contribution < 1.29 is 5.11 Å². The van der Waals surface area contributed by atoms with Crippen LogP contribution in [0.3, 0.4) is 0 Å². The molecule has 4 saturated carbocycles. The predicted molar refractivity (Wildman–Crippen MR) is 75.7 cm³/mol. The van der Waals surface area contributed by atoms with Gasteiger partial charge in [0.05, 0.1) is 5.60 Å². The van der Waals surface area contributed by atoms with Crippen LogP contribution in [0.5, 0.6) is 0 Å². The largest absolute Gasteiger partial charge is 0.387 e. The van der Waals surface area contributed by atoms with Crippen LogP contribution in [-0.4, -0.2) is 41.8 Å². The van der Waals surface area contributed by atoms with Crippen LogP contribution in [0.15, 0.2) is 0 Å². The van der Waals surface area contributed by atoms with E-state index in [0.29, 0.717) is 12.0 Å². The number of β-amino-alcohol motifs (C(OH)–C–C–N with tert-alkyl or cyclic N) is 1. The van der Waals surface area contributed by atoms with Crippen LogP contribution in [-0.2, 0) is 0 Å². The number of rotatable bonds is 3. The summed E-state index contributed by atoms with van der Waals surface area (Å²) in [7, 11) is 0.